The van der Waals surface area contributed by atoms with E-state index in [0.717, 1.165) is 6.42 Å². The molecule has 114 valence electrons. The number of nitrogen functional groups attached to an aromatic ring is 1. The Labute approximate surface area is 124 Å². The van der Waals surface area contributed by atoms with E-state index < -0.39 is 0 Å². The minimum Gasteiger partial charge on any atom is -0.399 e. The summed E-state index contributed by atoms with van der Waals surface area (Å²) < 4.78 is 5.52. The SMILES string of the molecule is CCC1CN(C(=O)CNC(=O)c2ccc(N)cc2)CCO1. The fourth-order valence-corrected chi connectivity index (χ4v) is 2.20. The van der Waals surface area contributed by atoms with Gasteiger partial charge in [-0.2, -0.15) is 0 Å². The van der Waals surface area contributed by atoms with Gasteiger partial charge in [0.15, 0.2) is 0 Å². The first kappa shape index (κ1) is 15.3. The number of carbonyl (C=O) groups is 2. The first-order valence-electron chi connectivity index (χ1n) is 7.13. The van der Waals surface area contributed by atoms with Crippen LogP contribution in [0.1, 0.15) is 23.7 Å². The molecule has 6 nitrogen and oxygen atoms in total. The second kappa shape index (κ2) is 7.08. The van der Waals surface area contributed by atoms with Crippen LogP contribution >= 0.6 is 0 Å². The van der Waals surface area contributed by atoms with Gasteiger partial charge >= 0.3 is 0 Å². The van der Waals surface area contributed by atoms with Crippen molar-refractivity contribution < 1.29 is 14.3 Å². The van der Waals surface area contributed by atoms with Crippen LogP contribution in [0, 0.1) is 0 Å². The number of hydrogen-bond acceptors (Lipinski definition) is 4. The highest BCUT2D eigenvalue weighted by Gasteiger charge is 2.23. The van der Waals surface area contributed by atoms with E-state index in [1.165, 1.54) is 0 Å². The summed E-state index contributed by atoms with van der Waals surface area (Å²) in [5.74, 6) is -0.357. The maximum atomic E-state index is 12.1. The van der Waals surface area contributed by atoms with E-state index in [2.05, 4.69) is 5.32 Å². The summed E-state index contributed by atoms with van der Waals surface area (Å²) in [5, 5.41) is 2.64. The standard InChI is InChI=1S/C15H21N3O3/c1-2-13-10-18(7-8-21-13)14(19)9-17-15(20)11-3-5-12(16)6-4-11/h3-6,13H,2,7-10,16H2,1H3,(H,17,20). The molecule has 0 radical (unpaired) electrons. The van der Waals surface area contributed by atoms with Crippen LogP contribution in [0.2, 0.25) is 0 Å². The number of rotatable bonds is 4. The highest BCUT2D eigenvalue weighted by molar-refractivity contribution is 5.96. The van der Waals surface area contributed by atoms with Crippen LogP contribution < -0.4 is 11.1 Å². The summed E-state index contributed by atoms with van der Waals surface area (Å²) in [6, 6.07) is 6.59. The lowest BCUT2D eigenvalue weighted by molar-refractivity contribution is -0.137. The van der Waals surface area contributed by atoms with Crippen molar-refractivity contribution in [3.8, 4) is 0 Å². The molecular weight excluding hydrogens is 270 g/mol. The molecule has 6 heteroatoms. The van der Waals surface area contributed by atoms with Gasteiger partial charge in [-0.3, -0.25) is 9.59 Å². The summed E-state index contributed by atoms with van der Waals surface area (Å²) in [5.41, 5.74) is 6.66. The maximum Gasteiger partial charge on any atom is 0.251 e. The lowest BCUT2D eigenvalue weighted by Crippen LogP contribution is -2.48. The molecule has 0 aromatic heterocycles. The predicted molar refractivity (Wildman–Crippen MR) is 79.8 cm³/mol. The molecule has 1 aromatic rings. The van der Waals surface area contributed by atoms with E-state index >= 15 is 0 Å². The van der Waals surface area contributed by atoms with Crippen LogP contribution in [-0.2, 0) is 9.53 Å². The summed E-state index contributed by atoms with van der Waals surface area (Å²) in [6.45, 7) is 3.75. The van der Waals surface area contributed by atoms with Gasteiger partial charge in [-0.15, -0.1) is 0 Å². The van der Waals surface area contributed by atoms with Crippen molar-refractivity contribution in [2.24, 2.45) is 0 Å². The van der Waals surface area contributed by atoms with Crippen molar-refractivity contribution in [2.45, 2.75) is 19.4 Å². The number of hydrogen-bond donors (Lipinski definition) is 2. The molecule has 0 spiro atoms. The maximum absolute atomic E-state index is 12.1. The van der Waals surface area contributed by atoms with E-state index in [4.69, 9.17) is 10.5 Å². The van der Waals surface area contributed by atoms with Gasteiger partial charge in [0.1, 0.15) is 0 Å². The Bertz CT molecular complexity index is 501. The predicted octanol–water partition coefficient (Wildman–Crippen LogP) is 0.636. The normalized spacial score (nSPS) is 18.3. The zero-order valence-electron chi connectivity index (χ0n) is 12.2. The number of morpholine rings is 1. The van der Waals surface area contributed by atoms with Crippen LogP contribution in [0.3, 0.4) is 0 Å². The molecule has 1 aliphatic rings. The van der Waals surface area contributed by atoms with Crippen LogP contribution in [0.4, 0.5) is 5.69 Å². The fraction of sp³-hybridized carbons (Fsp3) is 0.467. The van der Waals surface area contributed by atoms with Gasteiger partial charge in [-0.1, -0.05) is 6.92 Å². The van der Waals surface area contributed by atoms with E-state index in [-0.39, 0.29) is 24.5 Å². The topological polar surface area (TPSA) is 84.7 Å². The van der Waals surface area contributed by atoms with Crippen molar-refractivity contribution in [3.05, 3.63) is 29.8 Å². The molecule has 1 heterocycles. The third kappa shape index (κ3) is 4.19. The molecular formula is C15H21N3O3. The van der Waals surface area contributed by atoms with E-state index in [1.807, 2.05) is 6.92 Å². The molecule has 1 atom stereocenters. The zero-order valence-corrected chi connectivity index (χ0v) is 12.2. The summed E-state index contributed by atoms with van der Waals surface area (Å²) in [7, 11) is 0. The molecule has 2 amide bonds. The Morgan fingerprint density at radius 2 is 2.10 bits per heavy atom. The first-order chi connectivity index (χ1) is 10.1. The van der Waals surface area contributed by atoms with Gasteiger partial charge < -0.3 is 20.7 Å². The van der Waals surface area contributed by atoms with Gasteiger partial charge in [0.25, 0.3) is 5.91 Å². The number of ether oxygens (including phenoxy) is 1. The van der Waals surface area contributed by atoms with E-state index in [9.17, 15) is 9.59 Å². The summed E-state index contributed by atoms with van der Waals surface area (Å²) in [4.78, 5) is 25.7. The molecule has 1 fully saturated rings. The second-order valence-electron chi connectivity index (χ2n) is 5.05. The average Bonchev–Trinajstić information content (AvgIpc) is 2.53. The number of amides is 2. The molecule has 1 unspecified atom stereocenters. The second-order valence-corrected chi connectivity index (χ2v) is 5.05. The van der Waals surface area contributed by atoms with Crippen LogP contribution in [0.5, 0.6) is 0 Å². The molecule has 2 rings (SSSR count). The molecule has 0 saturated carbocycles. The Kier molecular flexibility index (Phi) is 5.16. The molecule has 3 N–H and O–H groups in total. The molecule has 1 aromatic carbocycles. The lowest BCUT2D eigenvalue weighted by atomic mass is 10.2. The third-order valence-electron chi connectivity index (χ3n) is 3.52. The number of nitrogens with zero attached hydrogens (tertiary/aromatic N) is 1. The Morgan fingerprint density at radius 1 is 1.38 bits per heavy atom. The van der Waals surface area contributed by atoms with Gasteiger partial charge in [-0.05, 0) is 30.7 Å². The number of nitrogens with two attached hydrogens (primary N) is 1. The Balaban J connectivity index is 1.83. The smallest absolute Gasteiger partial charge is 0.251 e. The van der Waals surface area contributed by atoms with Crippen molar-refractivity contribution in [1.82, 2.24) is 10.2 Å². The van der Waals surface area contributed by atoms with E-state index in [1.54, 1.807) is 29.2 Å². The fourth-order valence-electron chi connectivity index (χ4n) is 2.20. The van der Waals surface area contributed by atoms with Crippen molar-refractivity contribution in [3.63, 3.8) is 0 Å². The lowest BCUT2D eigenvalue weighted by Gasteiger charge is -2.32. The molecule has 21 heavy (non-hydrogen) atoms. The molecule has 1 saturated heterocycles. The average molecular weight is 291 g/mol. The van der Waals surface area contributed by atoms with Crippen LogP contribution in [0.25, 0.3) is 0 Å². The third-order valence-corrected chi connectivity index (χ3v) is 3.52. The highest BCUT2D eigenvalue weighted by atomic mass is 16.5. The molecule has 0 bridgehead atoms. The Hall–Kier alpha value is -2.08. The van der Waals surface area contributed by atoms with Crippen molar-refractivity contribution in [2.75, 3.05) is 32.0 Å². The summed E-state index contributed by atoms with van der Waals surface area (Å²) >= 11 is 0. The van der Waals surface area contributed by atoms with Crippen LogP contribution in [0.15, 0.2) is 24.3 Å². The minimum atomic E-state index is -0.274. The Morgan fingerprint density at radius 3 is 2.76 bits per heavy atom. The first-order valence-corrected chi connectivity index (χ1v) is 7.13. The highest BCUT2D eigenvalue weighted by Crippen LogP contribution is 2.08. The van der Waals surface area contributed by atoms with Gasteiger partial charge in [0.05, 0.1) is 19.3 Å². The summed E-state index contributed by atoms with van der Waals surface area (Å²) in [6.07, 6.45) is 0.970. The number of anilines is 1. The number of nitrogens with one attached hydrogen (secondary N) is 1. The van der Waals surface area contributed by atoms with Crippen LogP contribution in [-0.4, -0.2) is 49.1 Å². The number of benzene rings is 1. The van der Waals surface area contributed by atoms with Gasteiger partial charge in [0.2, 0.25) is 5.91 Å². The molecule has 1 aliphatic heterocycles. The number of carbonyl (C=O) groups excluding carboxylic acids is 2. The molecule has 0 aliphatic carbocycles. The quantitative estimate of drug-likeness (QED) is 0.797. The monoisotopic (exact) mass is 291 g/mol. The largest absolute Gasteiger partial charge is 0.399 e. The zero-order chi connectivity index (χ0) is 15.2. The minimum absolute atomic E-state index is 0.000353. The van der Waals surface area contributed by atoms with E-state index in [0.29, 0.717) is 30.9 Å². The van der Waals surface area contributed by atoms with Gasteiger partial charge in [0, 0.05) is 24.3 Å². The van der Waals surface area contributed by atoms with Gasteiger partial charge in [-0.25, -0.2) is 0 Å². The van der Waals surface area contributed by atoms with Crippen molar-refractivity contribution in [1.29, 1.82) is 0 Å². The van der Waals surface area contributed by atoms with Crippen molar-refractivity contribution >= 4 is 17.5 Å².